The van der Waals surface area contributed by atoms with Crippen LogP contribution in [-0.2, 0) is 13.1 Å². The third kappa shape index (κ3) is 3.07. The van der Waals surface area contributed by atoms with Gasteiger partial charge in [-0.2, -0.15) is 0 Å². The topological polar surface area (TPSA) is 30.3 Å². The number of halogens is 1. The summed E-state index contributed by atoms with van der Waals surface area (Å²) < 4.78 is 21.0. The van der Waals surface area contributed by atoms with Crippen molar-refractivity contribution in [1.29, 1.82) is 0 Å². The Morgan fingerprint density at radius 2 is 2.00 bits per heavy atom. The van der Waals surface area contributed by atoms with Crippen LogP contribution < -0.4 is 4.74 Å². The number of hydrogen-bond donors (Lipinski definition) is 0. The van der Waals surface area contributed by atoms with Gasteiger partial charge in [-0.05, 0) is 56.1 Å². The van der Waals surface area contributed by atoms with Crippen molar-refractivity contribution in [3.05, 3.63) is 59.7 Å². The maximum atomic E-state index is 13.6. The molecule has 0 aliphatic carbocycles. The summed E-state index contributed by atoms with van der Waals surface area (Å²) in [5.41, 5.74) is 3.06. The number of ether oxygens (including phenoxy) is 1. The number of likely N-dealkylation sites (tertiary alicyclic amines) is 1. The number of nitrogens with zero attached hydrogens (tertiary/aromatic N) is 3. The number of hydrogen-bond acceptors (Lipinski definition) is 3. The highest BCUT2D eigenvalue weighted by Gasteiger charge is 2.27. The molecule has 1 saturated heterocycles. The van der Waals surface area contributed by atoms with Crippen LogP contribution in [-0.4, -0.2) is 28.1 Å². The molecule has 136 valence electrons. The molecule has 1 aliphatic heterocycles. The van der Waals surface area contributed by atoms with Crippen molar-refractivity contribution in [2.75, 3.05) is 13.7 Å². The largest absolute Gasteiger partial charge is 0.497 e. The number of imidazole rings is 1. The Balaban J connectivity index is 1.62. The van der Waals surface area contributed by atoms with Crippen molar-refractivity contribution in [1.82, 2.24) is 14.5 Å². The fourth-order valence-corrected chi connectivity index (χ4v) is 4.03. The summed E-state index contributed by atoms with van der Waals surface area (Å²) in [6, 6.07) is 13.6. The van der Waals surface area contributed by atoms with Gasteiger partial charge < -0.3 is 9.30 Å². The molecule has 26 heavy (non-hydrogen) atoms. The van der Waals surface area contributed by atoms with E-state index in [9.17, 15) is 4.39 Å². The number of aryl methyl sites for hydroxylation is 1. The molecule has 0 spiro atoms. The Labute approximate surface area is 153 Å². The van der Waals surface area contributed by atoms with Gasteiger partial charge in [-0.1, -0.05) is 12.1 Å². The molecule has 4 nitrogen and oxygen atoms in total. The van der Waals surface area contributed by atoms with Crippen LogP contribution in [0.2, 0.25) is 0 Å². The molecule has 3 aromatic rings. The first-order valence-corrected chi connectivity index (χ1v) is 9.22. The number of rotatable bonds is 5. The lowest BCUT2D eigenvalue weighted by atomic mass is 10.0. The Morgan fingerprint density at radius 1 is 1.19 bits per heavy atom. The van der Waals surface area contributed by atoms with Gasteiger partial charge >= 0.3 is 0 Å². The Bertz CT molecular complexity index is 904. The molecular formula is C21H24FN3O. The summed E-state index contributed by atoms with van der Waals surface area (Å²) in [5.74, 6) is 1.66. The van der Waals surface area contributed by atoms with E-state index >= 15 is 0 Å². The van der Waals surface area contributed by atoms with Gasteiger partial charge in [0, 0.05) is 18.7 Å². The average Bonchev–Trinajstić information content (AvgIpc) is 3.25. The summed E-state index contributed by atoms with van der Waals surface area (Å²) in [6.45, 7) is 4.77. The minimum atomic E-state index is -0.234. The number of aromatic nitrogens is 2. The van der Waals surface area contributed by atoms with Crippen LogP contribution >= 0.6 is 0 Å². The van der Waals surface area contributed by atoms with Gasteiger partial charge in [0.05, 0.1) is 24.7 Å². The summed E-state index contributed by atoms with van der Waals surface area (Å²) in [5, 5.41) is 0. The molecule has 1 fully saturated rings. The summed E-state index contributed by atoms with van der Waals surface area (Å²) in [4.78, 5) is 7.20. The molecule has 4 rings (SSSR count). The third-order valence-electron chi connectivity index (χ3n) is 5.31. The SMILES string of the molecule is CCn1c(CN2CCC[C@@H]2c2ccc(OC)cc2)nc2cc(F)ccc21. The van der Waals surface area contributed by atoms with E-state index in [0.29, 0.717) is 6.04 Å². The quantitative estimate of drug-likeness (QED) is 0.674. The van der Waals surface area contributed by atoms with Crippen LogP contribution in [0.15, 0.2) is 42.5 Å². The zero-order valence-electron chi connectivity index (χ0n) is 15.3. The maximum absolute atomic E-state index is 13.6. The minimum absolute atomic E-state index is 0.234. The lowest BCUT2D eigenvalue weighted by Gasteiger charge is -2.25. The number of methoxy groups -OCH3 is 1. The molecule has 5 heteroatoms. The van der Waals surface area contributed by atoms with E-state index in [1.165, 1.54) is 24.1 Å². The van der Waals surface area contributed by atoms with E-state index in [1.807, 2.05) is 18.2 Å². The standard InChI is InChI=1S/C21H24FN3O/c1-3-25-20-11-8-16(22)13-18(20)23-21(25)14-24-12-4-5-19(24)15-6-9-17(26-2)10-7-15/h6-11,13,19H,3-5,12,14H2,1-2H3/t19-/m1/s1. The molecule has 1 aromatic heterocycles. The van der Waals surface area contributed by atoms with Crippen molar-refractivity contribution in [2.45, 2.75) is 38.9 Å². The predicted molar refractivity (Wildman–Crippen MR) is 101 cm³/mol. The second-order valence-corrected chi connectivity index (χ2v) is 6.81. The van der Waals surface area contributed by atoms with Crippen LogP contribution in [0.25, 0.3) is 11.0 Å². The highest BCUT2D eigenvalue weighted by molar-refractivity contribution is 5.76. The minimum Gasteiger partial charge on any atom is -0.497 e. The normalized spacial score (nSPS) is 17.9. The van der Waals surface area contributed by atoms with Gasteiger partial charge in [0.2, 0.25) is 0 Å². The van der Waals surface area contributed by atoms with Gasteiger partial charge in [-0.15, -0.1) is 0 Å². The Kier molecular flexibility index (Phi) is 4.64. The first-order chi connectivity index (χ1) is 12.7. The van der Waals surface area contributed by atoms with Crippen LogP contribution in [0.3, 0.4) is 0 Å². The number of fused-ring (bicyclic) bond motifs is 1. The van der Waals surface area contributed by atoms with E-state index in [4.69, 9.17) is 9.72 Å². The molecule has 2 heterocycles. The van der Waals surface area contributed by atoms with Gasteiger partial charge in [0.1, 0.15) is 17.4 Å². The molecule has 0 N–H and O–H groups in total. The van der Waals surface area contributed by atoms with Crippen molar-refractivity contribution >= 4 is 11.0 Å². The Morgan fingerprint density at radius 3 is 2.73 bits per heavy atom. The first-order valence-electron chi connectivity index (χ1n) is 9.22. The highest BCUT2D eigenvalue weighted by Crippen LogP contribution is 2.34. The second-order valence-electron chi connectivity index (χ2n) is 6.81. The van der Waals surface area contributed by atoms with E-state index in [2.05, 4.69) is 28.5 Å². The molecular weight excluding hydrogens is 329 g/mol. The van der Waals surface area contributed by atoms with Crippen LogP contribution in [0.5, 0.6) is 5.75 Å². The zero-order chi connectivity index (χ0) is 18.1. The predicted octanol–water partition coefficient (Wildman–Crippen LogP) is 4.54. The molecule has 0 radical (unpaired) electrons. The van der Waals surface area contributed by atoms with Gasteiger partial charge in [-0.25, -0.2) is 9.37 Å². The Hall–Kier alpha value is -2.40. The molecule has 1 atom stereocenters. The second kappa shape index (κ2) is 7.08. The molecule has 2 aromatic carbocycles. The van der Waals surface area contributed by atoms with Crippen molar-refractivity contribution in [3.8, 4) is 5.75 Å². The molecule has 0 amide bonds. The summed E-state index contributed by atoms with van der Waals surface area (Å²) in [7, 11) is 1.69. The average molecular weight is 353 g/mol. The maximum Gasteiger partial charge on any atom is 0.125 e. The van der Waals surface area contributed by atoms with E-state index in [1.54, 1.807) is 7.11 Å². The van der Waals surface area contributed by atoms with Crippen LogP contribution in [0, 0.1) is 5.82 Å². The number of benzene rings is 2. The van der Waals surface area contributed by atoms with Gasteiger partial charge in [0.15, 0.2) is 0 Å². The third-order valence-corrected chi connectivity index (χ3v) is 5.31. The van der Waals surface area contributed by atoms with Gasteiger partial charge in [-0.3, -0.25) is 4.90 Å². The van der Waals surface area contributed by atoms with Gasteiger partial charge in [0.25, 0.3) is 0 Å². The molecule has 0 bridgehead atoms. The fraction of sp³-hybridized carbons (Fsp3) is 0.381. The summed E-state index contributed by atoms with van der Waals surface area (Å²) >= 11 is 0. The monoisotopic (exact) mass is 353 g/mol. The van der Waals surface area contributed by atoms with E-state index in [-0.39, 0.29) is 5.82 Å². The molecule has 0 unspecified atom stereocenters. The smallest absolute Gasteiger partial charge is 0.125 e. The summed E-state index contributed by atoms with van der Waals surface area (Å²) in [6.07, 6.45) is 2.32. The fourth-order valence-electron chi connectivity index (χ4n) is 4.03. The molecule has 0 saturated carbocycles. The first kappa shape index (κ1) is 17.0. The van der Waals surface area contributed by atoms with Crippen molar-refractivity contribution < 1.29 is 9.13 Å². The lowest BCUT2D eigenvalue weighted by molar-refractivity contribution is 0.239. The van der Waals surface area contributed by atoms with E-state index in [0.717, 1.165) is 48.7 Å². The van der Waals surface area contributed by atoms with Crippen molar-refractivity contribution in [3.63, 3.8) is 0 Å². The lowest BCUT2D eigenvalue weighted by Crippen LogP contribution is -2.24. The zero-order valence-corrected chi connectivity index (χ0v) is 15.3. The van der Waals surface area contributed by atoms with Crippen LogP contribution in [0.4, 0.5) is 4.39 Å². The van der Waals surface area contributed by atoms with Crippen molar-refractivity contribution in [2.24, 2.45) is 0 Å². The van der Waals surface area contributed by atoms with Crippen LogP contribution in [0.1, 0.15) is 37.2 Å². The molecule has 1 aliphatic rings. The highest BCUT2D eigenvalue weighted by atomic mass is 19.1. The van der Waals surface area contributed by atoms with E-state index < -0.39 is 0 Å².